The maximum atomic E-state index is 12.9. The predicted molar refractivity (Wildman–Crippen MR) is 341 cm³/mol. The van der Waals surface area contributed by atoms with Crippen molar-refractivity contribution >= 4 is 11.0 Å². The van der Waals surface area contributed by atoms with E-state index in [1.165, 1.54) is 22.3 Å². The molecule has 0 amide bonds. The van der Waals surface area contributed by atoms with Gasteiger partial charge in [0.15, 0.2) is 0 Å². The second-order valence-electron chi connectivity index (χ2n) is 22.4. The zero-order valence-corrected chi connectivity index (χ0v) is 46.5. The van der Waals surface area contributed by atoms with Crippen LogP contribution in [0.2, 0.25) is 0 Å². The van der Waals surface area contributed by atoms with Crippen LogP contribution in [0.3, 0.4) is 0 Å². The van der Waals surface area contributed by atoms with Crippen molar-refractivity contribution in [2.45, 2.75) is 38.5 Å². The van der Waals surface area contributed by atoms with Crippen LogP contribution in [0.4, 0.5) is 0 Å². The number of rotatable bonds is 12. The zero-order valence-electron chi connectivity index (χ0n) is 46.5. The van der Waals surface area contributed by atoms with Gasteiger partial charge in [0, 0.05) is 33.9 Å². The summed E-state index contributed by atoms with van der Waals surface area (Å²) in [5.74, 6) is 0.791. The molecule has 0 saturated heterocycles. The third-order valence-electron chi connectivity index (χ3n) is 16.4. The molecule has 4 nitrogen and oxygen atoms in total. The van der Waals surface area contributed by atoms with Crippen molar-refractivity contribution in [3.63, 3.8) is 0 Å². The van der Waals surface area contributed by atoms with Gasteiger partial charge < -0.3 is 5.11 Å². The molecule has 0 fully saturated rings. The highest BCUT2D eigenvalue weighted by molar-refractivity contribution is 5.99. The Morgan fingerprint density at radius 1 is 0.329 bits per heavy atom. The van der Waals surface area contributed by atoms with E-state index in [1.54, 1.807) is 0 Å². The Bertz CT molecular complexity index is 4370. The smallest absolute Gasteiger partial charge is 0.149 e. The van der Waals surface area contributed by atoms with E-state index in [9.17, 15) is 5.11 Å². The molecule has 11 aromatic carbocycles. The van der Waals surface area contributed by atoms with Crippen molar-refractivity contribution in [3.05, 3.63) is 314 Å². The fraction of sp³-hybridized carbons (Fsp3) is 0.0769. The highest BCUT2D eigenvalue weighted by Crippen LogP contribution is 2.47. The van der Waals surface area contributed by atoms with Crippen LogP contribution in [0.1, 0.15) is 49.9 Å². The van der Waals surface area contributed by atoms with Gasteiger partial charge in [-0.25, -0.2) is 4.98 Å². The number of aromatic nitrogens is 3. The molecule has 13 rings (SSSR count). The molecule has 0 unspecified atom stereocenters. The van der Waals surface area contributed by atoms with E-state index in [1.807, 2.05) is 36.5 Å². The Morgan fingerprint density at radius 2 is 0.817 bits per heavy atom. The van der Waals surface area contributed by atoms with Gasteiger partial charge in [-0.3, -0.25) is 9.55 Å². The van der Waals surface area contributed by atoms with Gasteiger partial charge in [0.25, 0.3) is 0 Å². The largest absolute Gasteiger partial charge is 0.507 e. The molecule has 0 aliphatic heterocycles. The summed E-state index contributed by atoms with van der Waals surface area (Å²) in [6.45, 7) is 9.09. The summed E-state index contributed by atoms with van der Waals surface area (Å²) in [6, 6.07) is 101. The number of hydrogen-bond donors (Lipinski definition) is 1. The van der Waals surface area contributed by atoms with Gasteiger partial charge in [-0.05, 0) is 139 Å². The average molecular weight is 1060 g/mol. The molecule has 82 heavy (non-hydrogen) atoms. The summed E-state index contributed by atoms with van der Waals surface area (Å²) < 4.78 is 2.26. The zero-order chi connectivity index (χ0) is 55.8. The van der Waals surface area contributed by atoms with Crippen molar-refractivity contribution in [1.82, 2.24) is 14.5 Å². The van der Waals surface area contributed by atoms with E-state index >= 15 is 0 Å². The topological polar surface area (TPSA) is 50.9 Å². The molecule has 0 aliphatic carbocycles. The lowest BCUT2D eigenvalue weighted by Gasteiger charge is -2.32. The minimum Gasteiger partial charge on any atom is -0.507 e. The molecule has 394 valence electrons. The SMILES string of the molecule is CC(C)(C)c1ccc(-n2c(-c3cccc(-c4ccccc4-c4ccccc4)c3O)nc3c(-c4cc(-c5ccccc5)cc(-c5cc(-c6ccc(C(C)(c7ccccc7)c7ccccc7)cc6)ccn5)c4)cccc32)c(-c2ccccc2)c1. The van der Waals surface area contributed by atoms with Crippen LogP contribution >= 0.6 is 0 Å². The number of aromatic hydroxyl groups is 1. The third-order valence-corrected chi connectivity index (χ3v) is 16.4. The van der Waals surface area contributed by atoms with E-state index in [0.717, 1.165) is 94.7 Å². The Labute approximate surface area is 481 Å². The minimum atomic E-state index is -0.349. The Balaban J connectivity index is 0.990. The van der Waals surface area contributed by atoms with Crippen molar-refractivity contribution < 1.29 is 5.11 Å². The van der Waals surface area contributed by atoms with Crippen molar-refractivity contribution in [2.75, 3.05) is 0 Å². The second kappa shape index (κ2) is 21.5. The van der Waals surface area contributed by atoms with Crippen LogP contribution in [0.5, 0.6) is 5.75 Å². The van der Waals surface area contributed by atoms with Gasteiger partial charge >= 0.3 is 0 Å². The molecular formula is C78H61N3O. The molecule has 2 aromatic heterocycles. The maximum absolute atomic E-state index is 12.9. The lowest BCUT2D eigenvalue weighted by atomic mass is 9.71. The predicted octanol–water partition coefficient (Wildman–Crippen LogP) is 20.1. The third kappa shape index (κ3) is 9.58. The first kappa shape index (κ1) is 51.3. The number of pyridine rings is 1. The summed E-state index contributed by atoms with van der Waals surface area (Å²) in [5.41, 5.74) is 21.9. The number of fused-ring (bicyclic) bond motifs is 1. The van der Waals surface area contributed by atoms with Gasteiger partial charge in [0.05, 0.1) is 28.0 Å². The van der Waals surface area contributed by atoms with Crippen LogP contribution in [0.25, 0.3) is 106 Å². The van der Waals surface area contributed by atoms with Crippen molar-refractivity contribution in [2.24, 2.45) is 0 Å². The standard InChI is InChI=1S/C78H61N3O/c1-77(2,3)64-44-45-72(70(52-64)56-28-14-7-15-29-56)81-73-39-23-36-66(74(73)80-76(81)69-38-22-37-68(75(69)82)67-35-21-20-34-65(67)55-26-12-6-13-27-55)59-48-58(53-24-10-5-11-25-53)49-60(50-59)71-51-57(46-47-79-71)54-40-42-63(43-41-54)78(4,61-30-16-8-17-31-61)62-32-18-9-19-33-62/h5-52,82H,1-4H3. The molecule has 0 bridgehead atoms. The summed E-state index contributed by atoms with van der Waals surface area (Å²) in [4.78, 5) is 10.8. The molecule has 1 N–H and O–H groups in total. The van der Waals surface area contributed by atoms with Gasteiger partial charge in [-0.15, -0.1) is 0 Å². The van der Waals surface area contributed by atoms with E-state index in [0.29, 0.717) is 11.4 Å². The highest BCUT2D eigenvalue weighted by Gasteiger charge is 2.31. The number of imidazole rings is 1. The molecule has 0 saturated carbocycles. The first-order valence-electron chi connectivity index (χ1n) is 28.2. The molecular weight excluding hydrogens is 995 g/mol. The van der Waals surface area contributed by atoms with Gasteiger partial charge in [0.2, 0.25) is 0 Å². The fourth-order valence-corrected chi connectivity index (χ4v) is 11.9. The summed E-state index contributed by atoms with van der Waals surface area (Å²) in [7, 11) is 0. The van der Waals surface area contributed by atoms with E-state index < -0.39 is 0 Å². The van der Waals surface area contributed by atoms with Gasteiger partial charge in [-0.1, -0.05) is 251 Å². The molecule has 0 atom stereocenters. The number of phenols is 1. The minimum absolute atomic E-state index is 0.110. The van der Waals surface area contributed by atoms with Crippen LogP contribution in [0, 0.1) is 0 Å². The lowest BCUT2D eigenvalue weighted by molar-refractivity contribution is 0.479. The van der Waals surface area contributed by atoms with E-state index in [-0.39, 0.29) is 16.6 Å². The first-order valence-corrected chi connectivity index (χ1v) is 28.2. The summed E-state index contributed by atoms with van der Waals surface area (Å²) in [6.07, 6.45) is 1.92. The number of para-hydroxylation sites is 2. The molecule has 0 aliphatic rings. The van der Waals surface area contributed by atoms with Gasteiger partial charge in [0.1, 0.15) is 11.6 Å². The number of phenolic OH excluding ortho intramolecular Hbond substituents is 1. The van der Waals surface area contributed by atoms with Crippen LogP contribution in [-0.2, 0) is 10.8 Å². The van der Waals surface area contributed by atoms with Crippen LogP contribution in [0.15, 0.2) is 291 Å². The van der Waals surface area contributed by atoms with Crippen LogP contribution < -0.4 is 0 Å². The quantitative estimate of drug-likeness (QED) is 0.124. The first-order chi connectivity index (χ1) is 40.1. The second-order valence-corrected chi connectivity index (χ2v) is 22.4. The molecule has 13 aromatic rings. The monoisotopic (exact) mass is 1060 g/mol. The highest BCUT2D eigenvalue weighted by atomic mass is 16.3. The number of hydrogen-bond acceptors (Lipinski definition) is 3. The normalized spacial score (nSPS) is 11.7. The average Bonchev–Trinajstić information content (AvgIpc) is 2.85. The number of benzene rings is 11. The van der Waals surface area contributed by atoms with Gasteiger partial charge in [-0.2, -0.15) is 0 Å². The molecule has 2 heterocycles. The Hall–Kier alpha value is -10.2. The Kier molecular flexibility index (Phi) is 13.4. The van der Waals surface area contributed by atoms with Crippen LogP contribution in [-0.4, -0.2) is 19.6 Å². The number of nitrogens with zero attached hydrogens (tertiary/aromatic N) is 3. The lowest BCUT2D eigenvalue weighted by Crippen LogP contribution is -2.25. The van der Waals surface area contributed by atoms with Crippen molar-refractivity contribution in [3.8, 4) is 101 Å². The van der Waals surface area contributed by atoms with E-state index in [4.69, 9.17) is 9.97 Å². The van der Waals surface area contributed by atoms with E-state index in [2.05, 4.69) is 287 Å². The Morgan fingerprint density at radius 3 is 1.46 bits per heavy atom. The molecule has 0 spiro atoms. The fourth-order valence-electron chi connectivity index (χ4n) is 11.9. The molecule has 4 heteroatoms. The maximum Gasteiger partial charge on any atom is 0.149 e. The molecule has 0 radical (unpaired) electrons. The van der Waals surface area contributed by atoms with Crippen molar-refractivity contribution in [1.29, 1.82) is 0 Å². The summed E-state index contributed by atoms with van der Waals surface area (Å²) >= 11 is 0. The summed E-state index contributed by atoms with van der Waals surface area (Å²) in [5, 5.41) is 12.9.